The number of alkyl halides is 3. The number of piperazine rings is 1. The second kappa shape index (κ2) is 8.96. The predicted molar refractivity (Wildman–Crippen MR) is 112 cm³/mol. The van der Waals surface area contributed by atoms with Gasteiger partial charge in [0.05, 0.1) is 12.2 Å². The molecule has 0 bridgehead atoms. The molecule has 180 valence electrons. The van der Waals surface area contributed by atoms with Gasteiger partial charge in [-0.05, 0) is 49.9 Å². The van der Waals surface area contributed by atoms with E-state index < -0.39 is 29.4 Å². The summed E-state index contributed by atoms with van der Waals surface area (Å²) in [6.45, 7) is 3.12. The lowest BCUT2D eigenvalue weighted by Gasteiger charge is -2.43. The Kier molecular flexibility index (Phi) is 6.39. The highest BCUT2D eigenvalue weighted by Crippen LogP contribution is 2.42. The highest BCUT2D eigenvalue weighted by Gasteiger charge is 2.53. The summed E-state index contributed by atoms with van der Waals surface area (Å²) in [6.07, 6.45) is -0.644. The molecule has 1 aromatic rings. The zero-order valence-electron chi connectivity index (χ0n) is 18.6. The molecule has 4 rings (SSSR count). The third-order valence-corrected chi connectivity index (χ3v) is 6.90. The summed E-state index contributed by atoms with van der Waals surface area (Å²) in [5, 5.41) is 0. The van der Waals surface area contributed by atoms with E-state index in [0.717, 1.165) is 43.5 Å². The maximum atomic E-state index is 13.6. The van der Waals surface area contributed by atoms with Crippen LogP contribution in [0.5, 0.6) is 0 Å². The van der Waals surface area contributed by atoms with Crippen molar-refractivity contribution in [2.24, 2.45) is 0 Å². The van der Waals surface area contributed by atoms with Crippen LogP contribution >= 0.6 is 0 Å². The van der Waals surface area contributed by atoms with Gasteiger partial charge in [0.15, 0.2) is 0 Å². The molecule has 0 N–H and O–H groups in total. The molecule has 0 radical (unpaired) electrons. The molecule has 1 aromatic carbocycles. The van der Waals surface area contributed by atoms with Crippen molar-refractivity contribution in [2.75, 3.05) is 32.8 Å². The highest BCUT2D eigenvalue weighted by atomic mass is 19.4. The fraction of sp³-hybridized carbons (Fsp3) is 0.609. The molecule has 2 heterocycles. The molecule has 1 aliphatic carbocycles. The molecule has 1 saturated carbocycles. The van der Waals surface area contributed by atoms with Crippen molar-refractivity contribution in [2.45, 2.75) is 57.0 Å². The van der Waals surface area contributed by atoms with Gasteiger partial charge < -0.3 is 14.5 Å². The van der Waals surface area contributed by atoms with Crippen LogP contribution in [0.15, 0.2) is 24.3 Å². The number of amides is 3. The third-order valence-electron chi connectivity index (χ3n) is 6.90. The van der Waals surface area contributed by atoms with E-state index in [9.17, 15) is 27.6 Å². The standard InChI is InChI=1S/C23H28F3N3O4/c1-16(30)27-11-13-28(14-12-27)21(32)19-15-33-22(9-3-2-4-10-22)29(19)20(31)17-5-7-18(8-6-17)23(24,25)26/h5-8,19H,2-4,9-15H2,1H3. The smallest absolute Gasteiger partial charge is 0.353 e. The monoisotopic (exact) mass is 467 g/mol. The number of hydrogen-bond donors (Lipinski definition) is 0. The number of ether oxygens (including phenoxy) is 1. The number of benzene rings is 1. The van der Waals surface area contributed by atoms with Crippen molar-refractivity contribution in [3.63, 3.8) is 0 Å². The van der Waals surface area contributed by atoms with Crippen molar-refractivity contribution in [3.8, 4) is 0 Å². The average molecular weight is 467 g/mol. The molecule has 0 aromatic heterocycles. The Hall–Kier alpha value is -2.62. The van der Waals surface area contributed by atoms with Gasteiger partial charge in [-0.1, -0.05) is 6.42 Å². The van der Waals surface area contributed by atoms with Crippen molar-refractivity contribution in [1.82, 2.24) is 14.7 Å². The summed E-state index contributed by atoms with van der Waals surface area (Å²) in [5.41, 5.74) is -1.66. The molecule has 7 nitrogen and oxygen atoms in total. The largest absolute Gasteiger partial charge is 0.416 e. The molecule has 3 fully saturated rings. The Bertz CT molecular complexity index is 905. The van der Waals surface area contributed by atoms with E-state index in [2.05, 4.69) is 0 Å². The van der Waals surface area contributed by atoms with Crippen molar-refractivity contribution in [1.29, 1.82) is 0 Å². The van der Waals surface area contributed by atoms with Gasteiger partial charge in [-0.25, -0.2) is 0 Å². The molecule has 33 heavy (non-hydrogen) atoms. The fourth-order valence-electron chi connectivity index (χ4n) is 5.05. The molecule has 10 heteroatoms. The quantitative estimate of drug-likeness (QED) is 0.671. The van der Waals surface area contributed by atoms with Crippen LogP contribution in [0.25, 0.3) is 0 Å². The zero-order valence-corrected chi connectivity index (χ0v) is 18.6. The molecule has 3 amide bonds. The Labute approximate surface area is 190 Å². The van der Waals surface area contributed by atoms with Gasteiger partial charge in [0.2, 0.25) is 11.8 Å². The van der Waals surface area contributed by atoms with Gasteiger partial charge in [-0.3, -0.25) is 19.3 Å². The zero-order chi connectivity index (χ0) is 23.8. The lowest BCUT2D eigenvalue weighted by molar-refractivity contribution is -0.142. The van der Waals surface area contributed by atoms with Crippen LogP contribution in [0.4, 0.5) is 13.2 Å². The van der Waals surface area contributed by atoms with Crippen molar-refractivity contribution < 1.29 is 32.3 Å². The van der Waals surface area contributed by atoms with E-state index in [-0.39, 0.29) is 24.0 Å². The van der Waals surface area contributed by atoms with E-state index in [4.69, 9.17) is 4.74 Å². The fourth-order valence-corrected chi connectivity index (χ4v) is 5.05. The maximum Gasteiger partial charge on any atom is 0.416 e. The van der Waals surface area contributed by atoms with Gasteiger partial charge in [0, 0.05) is 38.7 Å². The summed E-state index contributed by atoms with van der Waals surface area (Å²) in [6, 6.07) is 3.24. The second-order valence-corrected chi connectivity index (χ2v) is 8.92. The number of hydrogen-bond acceptors (Lipinski definition) is 4. The second-order valence-electron chi connectivity index (χ2n) is 8.92. The first kappa shape index (κ1) is 23.5. The van der Waals surface area contributed by atoms with Crippen LogP contribution in [-0.2, 0) is 20.5 Å². The molecular formula is C23H28F3N3O4. The number of carbonyl (C=O) groups is 3. The summed E-state index contributed by atoms with van der Waals surface area (Å²) in [7, 11) is 0. The van der Waals surface area contributed by atoms with Crippen LogP contribution in [0.2, 0.25) is 0 Å². The van der Waals surface area contributed by atoms with E-state index >= 15 is 0 Å². The minimum atomic E-state index is -4.50. The Morgan fingerprint density at radius 3 is 2.06 bits per heavy atom. The van der Waals surface area contributed by atoms with Gasteiger partial charge in [-0.15, -0.1) is 0 Å². The highest BCUT2D eigenvalue weighted by molar-refractivity contribution is 5.98. The molecule has 1 atom stereocenters. The lowest BCUT2D eigenvalue weighted by atomic mass is 9.89. The van der Waals surface area contributed by atoms with Crippen LogP contribution in [0.1, 0.15) is 54.9 Å². The van der Waals surface area contributed by atoms with E-state index in [0.29, 0.717) is 39.0 Å². The van der Waals surface area contributed by atoms with E-state index in [1.54, 1.807) is 9.80 Å². The van der Waals surface area contributed by atoms with Gasteiger partial charge in [0.25, 0.3) is 5.91 Å². The minimum Gasteiger partial charge on any atom is -0.353 e. The molecule has 1 unspecified atom stereocenters. The Balaban J connectivity index is 1.58. The topological polar surface area (TPSA) is 70.2 Å². The first-order valence-corrected chi connectivity index (χ1v) is 11.3. The van der Waals surface area contributed by atoms with Crippen LogP contribution < -0.4 is 0 Å². The number of halogens is 3. The summed E-state index contributed by atoms with van der Waals surface area (Å²) in [4.78, 5) is 43.4. The predicted octanol–water partition coefficient (Wildman–Crippen LogP) is 2.90. The minimum absolute atomic E-state index is 0.0495. The SMILES string of the molecule is CC(=O)N1CCN(C(=O)C2COC3(CCCCC3)N2C(=O)c2ccc(C(F)(F)F)cc2)CC1. The van der Waals surface area contributed by atoms with Crippen molar-refractivity contribution in [3.05, 3.63) is 35.4 Å². The first-order chi connectivity index (χ1) is 15.6. The van der Waals surface area contributed by atoms with Gasteiger partial charge in [0.1, 0.15) is 11.8 Å². The van der Waals surface area contributed by atoms with E-state index in [1.807, 2.05) is 0 Å². The molecule has 2 aliphatic heterocycles. The van der Waals surface area contributed by atoms with Gasteiger partial charge in [-0.2, -0.15) is 13.2 Å². The normalized spacial score (nSPS) is 23.2. The maximum absolute atomic E-state index is 13.6. The first-order valence-electron chi connectivity index (χ1n) is 11.3. The summed E-state index contributed by atoms with van der Waals surface area (Å²) < 4.78 is 45.0. The number of carbonyl (C=O) groups excluding carboxylic acids is 3. The average Bonchev–Trinajstić information content (AvgIpc) is 3.16. The van der Waals surface area contributed by atoms with Crippen LogP contribution in [0, 0.1) is 0 Å². The summed E-state index contributed by atoms with van der Waals surface area (Å²) >= 11 is 0. The van der Waals surface area contributed by atoms with Crippen LogP contribution in [-0.4, -0.2) is 77.0 Å². The van der Waals surface area contributed by atoms with Crippen molar-refractivity contribution >= 4 is 17.7 Å². The third kappa shape index (κ3) is 4.58. The molecule has 3 aliphatic rings. The number of nitrogens with zero attached hydrogens (tertiary/aromatic N) is 3. The summed E-state index contributed by atoms with van der Waals surface area (Å²) in [5.74, 6) is -0.795. The molecule has 2 saturated heterocycles. The number of rotatable bonds is 2. The molecular weight excluding hydrogens is 439 g/mol. The van der Waals surface area contributed by atoms with Gasteiger partial charge >= 0.3 is 6.18 Å². The Morgan fingerprint density at radius 1 is 0.939 bits per heavy atom. The van der Waals surface area contributed by atoms with E-state index in [1.165, 1.54) is 11.8 Å². The lowest BCUT2D eigenvalue weighted by Crippen LogP contribution is -2.59. The van der Waals surface area contributed by atoms with Crippen LogP contribution in [0.3, 0.4) is 0 Å². The molecule has 1 spiro atoms. The Morgan fingerprint density at radius 2 is 1.52 bits per heavy atom.